The van der Waals surface area contributed by atoms with E-state index in [1.54, 1.807) is 0 Å². The molecule has 3 heterocycles. The van der Waals surface area contributed by atoms with E-state index in [1.807, 2.05) is 65.7 Å². The van der Waals surface area contributed by atoms with Gasteiger partial charge in [-0.15, -0.1) is 0 Å². The number of nitrogens with two attached hydrogens (primary N) is 1. The van der Waals surface area contributed by atoms with Gasteiger partial charge in [0.15, 0.2) is 0 Å². The van der Waals surface area contributed by atoms with E-state index in [4.69, 9.17) is 5.73 Å². The molecule has 0 spiro atoms. The Morgan fingerprint density at radius 2 is 1.79 bits per heavy atom. The molecule has 3 N–H and O–H groups in total. The third kappa shape index (κ3) is 3.03. The van der Waals surface area contributed by atoms with Crippen LogP contribution < -0.4 is 5.73 Å². The number of hydrogen-bond acceptors (Lipinski definition) is 3. The average molecular weight is 365 g/mol. The maximum Gasteiger partial charge on any atom is 0.137 e. The number of anilines is 1. The van der Waals surface area contributed by atoms with Crippen LogP contribution in [0.25, 0.3) is 33.3 Å². The summed E-state index contributed by atoms with van der Waals surface area (Å²) in [6.45, 7) is 0.746. The minimum Gasteiger partial charge on any atom is -0.399 e. The Morgan fingerprint density at radius 3 is 2.64 bits per heavy atom. The van der Waals surface area contributed by atoms with Gasteiger partial charge in [0.1, 0.15) is 5.65 Å². The summed E-state index contributed by atoms with van der Waals surface area (Å²) in [5.74, 6) is 0. The van der Waals surface area contributed by atoms with Crippen molar-refractivity contribution in [3.8, 4) is 22.3 Å². The fourth-order valence-corrected chi connectivity index (χ4v) is 3.48. The van der Waals surface area contributed by atoms with Gasteiger partial charge >= 0.3 is 0 Å². The van der Waals surface area contributed by atoms with Crippen LogP contribution in [0.1, 0.15) is 5.56 Å². The van der Waals surface area contributed by atoms with Crippen LogP contribution in [0.3, 0.4) is 0 Å². The first-order valence-electron chi connectivity index (χ1n) is 9.16. The molecular formula is C23H19N5. The Hall–Kier alpha value is -3.86. The molecule has 5 nitrogen and oxygen atoms in total. The molecule has 0 unspecified atom stereocenters. The number of H-pyrrole nitrogens is 1. The third-order valence-corrected chi connectivity index (χ3v) is 4.88. The second kappa shape index (κ2) is 6.70. The highest BCUT2D eigenvalue weighted by Gasteiger charge is 2.11. The highest BCUT2D eigenvalue weighted by Crippen LogP contribution is 2.31. The lowest BCUT2D eigenvalue weighted by Gasteiger charge is -2.04. The molecule has 0 aliphatic rings. The summed E-state index contributed by atoms with van der Waals surface area (Å²) in [5.41, 5.74) is 13.0. The number of rotatable bonds is 4. The highest BCUT2D eigenvalue weighted by atomic mass is 15.3. The van der Waals surface area contributed by atoms with Gasteiger partial charge in [0.2, 0.25) is 0 Å². The van der Waals surface area contributed by atoms with Crippen LogP contribution in [0.5, 0.6) is 0 Å². The average Bonchev–Trinajstić information content (AvgIpc) is 3.35. The van der Waals surface area contributed by atoms with Crippen molar-refractivity contribution in [3.05, 3.63) is 91.0 Å². The lowest BCUT2D eigenvalue weighted by atomic mass is 10.0. The molecule has 0 aliphatic carbocycles. The number of fused-ring (bicyclic) bond motifs is 1. The monoisotopic (exact) mass is 365 g/mol. The number of aromatic nitrogens is 4. The van der Waals surface area contributed by atoms with Crippen LogP contribution in [0.15, 0.2) is 85.5 Å². The lowest BCUT2D eigenvalue weighted by Crippen LogP contribution is -1.99. The van der Waals surface area contributed by atoms with Crippen LogP contribution in [0.2, 0.25) is 0 Å². The summed E-state index contributed by atoms with van der Waals surface area (Å²) in [6, 6.07) is 20.3. The molecule has 0 atom stereocenters. The summed E-state index contributed by atoms with van der Waals surface area (Å²) < 4.78 is 1.96. The molecule has 2 aromatic carbocycles. The zero-order chi connectivity index (χ0) is 18.9. The number of nitrogens with one attached hydrogen (secondary N) is 1. The van der Waals surface area contributed by atoms with E-state index < -0.39 is 0 Å². The van der Waals surface area contributed by atoms with E-state index in [0.717, 1.165) is 45.5 Å². The molecule has 5 rings (SSSR count). The van der Waals surface area contributed by atoms with Crippen LogP contribution in [0.4, 0.5) is 5.69 Å². The van der Waals surface area contributed by atoms with Crippen molar-refractivity contribution in [2.24, 2.45) is 0 Å². The molecule has 0 radical (unpaired) electrons. The predicted molar refractivity (Wildman–Crippen MR) is 113 cm³/mol. The Morgan fingerprint density at radius 1 is 0.893 bits per heavy atom. The van der Waals surface area contributed by atoms with Crippen molar-refractivity contribution in [2.45, 2.75) is 6.54 Å². The van der Waals surface area contributed by atoms with Gasteiger partial charge in [0.25, 0.3) is 0 Å². The number of pyridine rings is 1. The third-order valence-electron chi connectivity index (χ3n) is 4.88. The number of nitrogen functional groups attached to an aromatic ring is 1. The minimum atomic E-state index is 0.745. The van der Waals surface area contributed by atoms with Crippen molar-refractivity contribution in [2.75, 3.05) is 5.73 Å². The number of aromatic amines is 1. The first kappa shape index (κ1) is 16.3. The predicted octanol–water partition coefficient (Wildman–Crippen LogP) is 4.72. The Bertz CT molecular complexity index is 1250. The summed E-state index contributed by atoms with van der Waals surface area (Å²) in [4.78, 5) is 7.85. The fraction of sp³-hybridized carbons (Fsp3) is 0.0435. The van der Waals surface area contributed by atoms with Gasteiger partial charge in [-0.3, -0.25) is 4.68 Å². The summed E-state index contributed by atoms with van der Waals surface area (Å²) >= 11 is 0. The summed E-state index contributed by atoms with van der Waals surface area (Å²) in [5, 5.41) is 5.60. The van der Waals surface area contributed by atoms with Gasteiger partial charge < -0.3 is 10.7 Å². The molecule has 0 saturated heterocycles. The molecule has 0 saturated carbocycles. The lowest BCUT2D eigenvalue weighted by molar-refractivity contribution is 0.687. The van der Waals surface area contributed by atoms with E-state index in [2.05, 4.69) is 39.5 Å². The van der Waals surface area contributed by atoms with Crippen LogP contribution in [0, 0.1) is 0 Å². The highest BCUT2D eigenvalue weighted by molar-refractivity contribution is 5.95. The maximum atomic E-state index is 5.94. The van der Waals surface area contributed by atoms with E-state index in [9.17, 15) is 0 Å². The van der Waals surface area contributed by atoms with Crippen molar-refractivity contribution >= 4 is 16.7 Å². The topological polar surface area (TPSA) is 72.5 Å². The first-order valence-corrected chi connectivity index (χ1v) is 9.16. The van der Waals surface area contributed by atoms with Gasteiger partial charge in [0.05, 0.1) is 12.7 Å². The molecule has 5 aromatic rings. The summed E-state index contributed by atoms with van der Waals surface area (Å²) in [7, 11) is 0. The largest absolute Gasteiger partial charge is 0.399 e. The SMILES string of the molecule is Nc1cccc(-c2cnc3[nH]cc(-c4cnn(Cc5ccccc5)c4)c3c2)c1. The Balaban J connectivity index is 1.52. The van der Waals surface area contributed by atoms with E-state index >= 15 is 0 Å². The standard InChI is InChI=1S/C23H19N5/c24-20-8-4-7-17(9-20)18-10-21-22(13-26-23(21)25-11-18)19-12-27-28(15-19)14-16-5-2-1-3-6-16/h1-13,15H,14,24H2,(H,25,26). The zero-order valence-corrected chi connectivity index (χ0v) is 15.2. The molecule has 0 fully saturated rings. The molecular weight excluding hydrogens is 346 g/mol. The van der Waals surface area contributed by atoms with Gasteiger partial charge in [-0.2, -0.15) is 5.10 Å². The summed E-state index contributed by atoms with van der Waals surface area (Å²) in [6.07, 6.45) is 7.84. The number of nitrogens with zero attached hydrogens (tertiary/aromatic N) is 3. The molecule has 0 aliphatic heterocycles. The van der Waals surface area contributed by atoms with Gasteiger partial charge in [-0.25, -0.2) is 4.98 Å². The fourth-order valence-electron chi connectivity index (χ4n) is 3.48. The molecule has 5 heteroatoms. The molecule has 0 amide bonds. The smallest absolute Gasteiger partial charge is 0.137 e. The van der Waals surface area contributed by atoms with E-state index in [-0.39, 0.29) is 0 Å². The van der Waals surface area contributed by atoms with Crippen molar-refractivity contribution < 1.29 is 0 Å². The van der Waals surface area contributed by atoms with Crippen LogP contribution in [-0.4, -0.2) is 19.7 Å². The van der Waals surface area contributed by atoms with Crippen molar-refractivity contribution in [1.82, 2.24) is 19.7 Å². The van der Waals surface area contributed by atoms with Crippen molar-refractivity contribution in [3.63, 3.8) is 0 Å². The quantitative estimate of drug-likeness (QED) is 0.453. The zero-order valence-electron chi connectivity index (χ0n) is 15.2. The molecule has 136 valence electrons. The maximum absolute atomic E-state index is 5.94. The molecule has 0 bridgehead atoms. The Labute approximate surface area is 162 Å². The normalized spacial score (nSPS) is 11.1. The second-order valence-corrected chi connectivity index (χ2v) is 6.86. The van der Waals surface area contributed by atoms with Crippen LogP contribution in [-0.2, 0) is 6.54 Å². The second-order valence-electron chi connectivity index (χ2n) is 6.86. The van der Waals surface area contributed by atoms with E-state index in [1.165, 1.54) is 5.56 Å². The number of benzene rings is 2. The van der Waals surface area contributed by atoms with E-state index in [0.29, 0.717) is 0 Å². The molecule has 3 aromatic heterocycles. The van der Waals surface area contributed by atoms with Crippen LogP contribution >= 0.6 is 0 Å². The number of hydrogen-bond donors (Lipinski definition) is 2. The van der Waals surface area contributed by atoms with Gasteiger partial charge in [0, 0.05) is 46.4 Å². The van der Waals surface area contributed by atoms with Gasteiger partial charge in [-0.1, -0.05) is 42.5 Å². The van der Waals surface area contributed by atoms with Gasteiger partial charge in [-0.05, 0) is 29.3 Å². The minimum absolute atomic E-state index is 0.745. The first-order chi connectivity index (χ1) is 13.8. The Kier molecular flexibility index (Phi) is 3.91. The van der Waals surface area contributed by atoms with Crippen molar-refractivity contribution in [1.29, 1.82) is 0 Å². The molecule has 28 heavy (non-hydrogen) atoms.